The molecule has 1 heterocycles. The predicted molar refractivity (Wildman–Crippen MR) is 71.2 cm³/mol. The highest BCUT2D eigenvalue weighted by Gasteiger charge is 2.12. The number of rotatable bonds is 5. The lowest BCUT2D eigenvalue weighted by Crippen LogP contribution is -2.26. The second kappa shape index (κ2) is 6.05. The summed E-state index contributed by atoms with van der Waals surface area (Å²) in [6.45, 7) is 1.39. The van der Waals surface area contributed by atoms with Gasteiger partial charge in [0.05, 0.1) is 5.57 Å². The summed E-state index contributed by atoms with van der Waals surface area (Å²) >= 11 is 0. The third-order valence-electron chi connectivity index (χ3n) is 3.00. The Morgan fingerprint density at radius 2 is 2.06 bits per heavy atom. The van der Waals surface area contributed by atoms with Gasteiger partial charge in [0.15, 0.2) is 0 Å². The molecule has 0 spiro atoms. The average Bonchev–Trinajstić information content (AvgIpc) is 2.40. The molecule has 0 saturated carbocycles. The first kappa shape index (κ1) is 12.4. The Morgan fingerprint density at radius 1 is 1.28 bits per heavy atom. The molecule has 1 aliphatic rings. The Balaban J connectivity index is 1.77. The minimum Gasteiger partial charge on any atom is -0.478 e. The highest BCUT2D eigenvalue weighted by atomic mass is 16.4. The number of carboxylic acid groups (broad SMARTS) is 1. The molecule has 94 valence electrons. The smallest absolute Gasteiger partial charge is 0.333 e. The molecule has 2 rings (SSSR count). The van der Waals surface area contributed by atoms with Crippen LogP contribution < -0.4 is 0 Å². The van der Waals surface area contributed by atoms with Crippen LogP contribution in [0.1, 0.15) is 12.0 Å². The summed E-state index contributed by atoms with van der Waals surface area (Å²) in [6.07, 6.45) is 7.47. The molecular formula is C15H17NO2. The van der Waals surface area contributed by atoms with Crippen molar-refractivity contribution < 1.29 is 9.90 Å². The van der Waals surface area contributed by atoms with E-state index in [4.69, 9.17) is 5.11 Å². The fourth-order valence-electron chi connectivity index (χ4n) is 2.03. The van der Waals surface area contributed by atoms with Gasteiger partial charge in [-0.3, -0.25) is 0 Å². The van der Waals surface area contributed by atoms with Gasteiger partial charge < -0.3 is 10.0 Å². The normalized spacial score (nSPS) is 14.4. The molecule has 0 aliphatic carbocycles. The third kappa shape index (κ3) is 3.48. The predicted octanol–water partition coefficient (Wildman–Crippen LogP) is 2.46. The molecule has 3 heteroatoms. The van der Waals surface area contributed by atoms with Crippen LogP contribution in [0.25, 0.3) is 0 Å². The minimum atomic E-state index is -0.826. The average molecular weight is 243 g/mol. The topological polar surface area (TPSA) is 40.5 Å². The lowest BCUT2D eigenvalue weighted by Gasteiger charge is -2.22. The molecule has 0 fully saturated rings. The van der Waals surface area contributed by atoms with Crippen LogP contribution in [0.3, 0.4) is 0 Å². The van der Waals surface area contributed by atoms with Crippen molar-refractivity contribution in [2.45, 2.75) is 12.8 Å². The number of aryl methyl sites for hydroxylation is 1. The fraction of sp³-hybridized carbons (Fsp3) is 0.267. The van der Waals surface area contributed by atoms with Gasteiger partial charge in [0.2, 0.25) is 0 Å². The molecule has 0 atom stereocenters. The molecule has 0 bridgehead atoms. The maximum atomic E-state index is 10.9. The van der Waals surface area contributed by atoms with Gasteiger partial charge in [0.1, 0.15) is 0 Å². The number of nitrogens with zero attached hydrogens (tertiary/aromatic N) is 1. The van der Waals surface area contributed by atoms with Crippen LogP contribution in [0.15, 0.2) is 54.3 Å². The quantitative estimate of drug-likeness (QED) is 0.863. The van der Waals surface area contributed by atoms with Gasteiger partial charge in [0.25, 0.3) is 0 Å². The second-order valence-electron chi connectivity index (χ2n) is 4.40. The lowest BCUT2D eigenvalue weighted by atomic mass is 10.1. The Morgan fingerprint density at radius 3 is 2.78 bits per heavy atom. The number of hydrogen-bond donors (Lipinski definition) is 1. The van der Waals surface area contributed by atoms with Crippen molar-refractivity contribution in [3.05, 3.63) is 59.8 Å². The Hall–Kier alpha value is -2.03. The summed E-state index contributed by atoms with van der Waals surface area (Å²) in [4.78, 5) is 12.9. The van der Waals surface area contributed by atoms with E-state index in [1.807, 2.05) is 29.3 Å². The van der Waals surface area contributed by atoms with Crippen molar-refractivity contribution in [3.63, 3.8) is 0 Å². The van der Waals surface area contributed by atoms with Crippen LogP contribution in [-0.2, 0) is 11.2 Å². The second-order valence-corrected chi connectivity index (χ2v) is 4.40. The van der Waals surface area contributed by atoms with Gasteiger partial charge in [-0.15, -0.1) is 0 Å². The number of carbonyl (C=O) groups is 1. The standard InChI is InChI=1S/C15H17NO2/c17-15(18)14-9-5-11-16(12-14)10-4-8-13-6-2-1-3-7-13/h1-3,5-7,9,11H,4,8,10,12H2,(H,17,18). The highest BCUT2D eigenvalue weighted by Crippen LogP contribution is 2.09. The third-order valence-corrected chi connectivity index (χ3v) is 3.00. The molecule has 1 aromatic carbocycles. The van der Waals surface area contributed by atoms with Gasteiger partial charge in [-0.2, -0.15) is 0 Å². The first-order valence-electron chi connectivity index (χ1n) is 6.14. The molecule has 0 saturated heterocycles. The Bertz CT molecular complexity index is 463. The van der Waals surface area contributed by atoms with Crippen LogP contribution in [0.4, 0.5) is 0 Å². The van der Waals surface area contributed by atoms with Crippen LogP contribution >= 0.6 is 0 Å². The van der Waals surface area contributed by atoms with Crippen molar-refractivity contribution in [2.75, 3.05) is 13.1 Å². The van der Waals surface area contributed by atoms with Crippen LogP contribution in [-0.4, -0.2) is 29.1 Å². The first-order valence-corrected chi connectivity index (χ1v) is 6.14. The molecule has 3 nitrogen and oxygen atoms in total. The number of hydrogen-bond acceptors (Lipinski definition) is 2. The van der Waals surface area contributed by atoms with Crippen LogP contribution in [0.2, 0.25) is 0 Å². The molecule has 0 amide bonds. The van der Waals surface area contributed by atoms with Crippen molar-refractivity contribution in [1.82, 2.24) is 4.90 Å². The van der Waals surface area contributed by atoms with Crippen molar-refractivity contribution in [3.8, 4) is 0 Å². The van der Waals surface area contributed by atoms with Gasteiger partial charge >= 0.3 is 5.97 Å². The molecule has 1 aliphatic heterocycles. The number of aliphatic carboxylic acids is 1. The lowest BCUT2D eigenvalue weighted by molar-refractivity contribution is -0.132. The molecule has 0 radical (unpaired) electrons. The maximum absolute atomic E-state index is 10.9. The van der Waals surface area contributed by atoms with E-state index in [2.05, 4.69) is 12.1 Å². The molecule has 1 aromatic rings. The molecule has 18 heavy (non-hydrogen) atoms. The zero-order valence-electron chi connectivity index (χ0n) is 10.2. The SMILES string of the molecule is O=C(O)C1=CC=CN(CCCc2ccccc2)C1. The summed E-state index contributed by atoms with van der Waals surface area (Å²) in [5, 5.41) is 8.93. The number of benzene rings is 1. The monoisotopic (exact) mass is 243 g/mol. The Labute approximate surface area is 107 Å². The van der Waals surface area contributed by atoms with E-state index in [-0.39, 0.29) is 0 Å². The fourth-order valence-corrected chi connectivity index (χ4v) is 2.03. The Kier molecular flexibility index (Phi) is 4.18. The van der Waals surface area contributed by atoms with Crippen molar-refractivity contribution in [2.24, 2.45) is 0 Å². The number of allylic oxidation sites excluding steroid dienone is 2. The van der Waals surface area contributed by atoms with Gasteiger partial charge in [0, 0.05) is 13.1 Å². The summed E-state index contributed by atoms with van der Waals surface area (Å²) in [5.74, 6) is -0.826. The number of carboxylic acids is 1. The van der Waals surface area contributed by atoms with Crippen LogP contribution in [0, 0.1) is 0 Å². The first-order chi connectivity index (χ1) is 8.75. The maximum Gasteiger partial charge on any atom is 0.333 e. The summed E-state index contributed by atoms with van der Waals surface area (Å²) < 4.78 is 0. The zero-order chi connectivity index (χ0) is 12.8. The van der Waals surface area contributed by atoms with Crippen molar-refractivity contribution in [1.29, 1.82) is 0 Å². The summed E-state index contributed by atoms with van der Waals surface area (Å²) in [7, 11) is 0. The van der Waals surface area contributed by atoms with E-state index < -0.39 is 5.97 Å². The minimum absolute atomic E-state index is 0.456. The molecule has 0 unspecified atom stereocenters. The van der Waals surface area contributed by atoms with E-state index >= 15 is 0 Å². The highest BCUT2D eigenvalue weighted by molar-refractivity contribution is 5.87. The zero-order valence-corrected chi connectivity index (χ0v) is 10.2. The van der Waals surface area contributed by atoms with Gasteiger partial charge in [-0.05, 0) is 36.8 Å². The largest absolute Gasteiger partial charge is 0.478 e. The molecule has 1 N–H and O–H groups in total. The molecular weight excluding hydrogens is 226 g/mol. The van der Waals surface area contributed by atoms with Crippen molar-refractivity contribution >= 4 is 5.97 Å². The van der Waals surface area contributed by atoms with E-state index in [1.165, 1.54) is 5.56 Å². The summed E-state index contributed by atoms with van der Waals surface area (Å²) in [6, 6.07) is 10.3. The van der Waals surface area contributed by atoms with E-state index in [0.29, 0.717) is 12.1 Å². The van der Waals surface area contributed by atoms with Crippen LogP contribution in [0.5, 0.6) is 0 Å². The van der Waals surface area contributed by atoms with Gasteiger partial charge in [-0.1, -0.05) is 30.3 Å². The summed E-state index contributed by atoms with van der Waals surface area (Å²) in [5.41, 5.74) is 1.78. The van der Waals surface area contributed by atoms with Gasteiger partial charge in [-0.25, -0.2) is 4.79 Å². The van der Waals surface area contributed by atoms with E-state index in [0.717, 1.165) is 19.4 Å². The van der Waals surface area contributed by atoms with E-state index in [1.54, 1.807) is 12.2 Å². The van der Waals surface area contributed by atoms with E-state index in [9.17, 15) is 4.79 Å². The molecule has 0 aromatic heterocycles.